The van der Waals surface area contributed by atoms with E-state index in [0.717, 1.165) is 25.3 Å². The van der Waals surface area contributed by atoms with Crippen molar-refractivity contribution in [2.75, 3.05) is 18.5 Å². The Balaban J connectivity index is 1.13. The summed E-state index contributed by atoms with van der Waals surface area (Å²) in [5.74, 6) is 0.0397. The number of benzene rings is 1. The van der Waals surface area contributed by atoms with Gasteiger partial charge in [-0.1, -0.05) is 0 Å². The number of carbonyl (C=O) groups is 1. The van der Waals surface area contributed by atoms with Gasteiger partial charge in [-0.2, -0.15) is 0 Å². The molecule has 39 heavy (non-hydrogen) atoms. The molecule has 10 nitrogen and oxygen atoms in total. The number of ether oxygens (including phenoxy) is 3. The Bertz CT molecular complexity index is 1370. The minimum Gasteiger partial charge on any atom is -0.474 e. The van der Waals surface area contributed by atoms with E-state index in [1.165, 1.54) is 18.5 Å². The van der Waals surface area contributed by atoms with Crippen molar-refractivity contribution in [1.82, 2.24) is 14.9 Å². The van der Waals surface area contributed by atoms with Gasteiger partial charge in [0.05, 0.1) is 46.7 Å². The SMILES string of the molecule is Cc1c(Nc2ccc(S(=O)(=O)C3CC3)cc2F)ncnc1OC1CC2COC[C@@H](C1)N2C(=O)OC1(C)CCC1. The molecule has 2 bridgehead atoms. The fourth-order valence-corrected chi connectivity index (χ4v) is 7.28. The van der Waals surface area contributed by atoms with Gasteiger partial charge < -0.3 is 19.5 Å². The molecular weight excluding hydrogens is 527 g/mol. The molecule has 4 fully saturated rings. The predicted octanol–water partition coefficient (Wildman–Crippen LogP) is 4.29. The molecule has 2 aliphatic carbocycles. The zero-order chi connectivity index (χ0) is 27.4. The normalized spacial score (nSPS) is 25.9. The van der Waals surface area contributed by atoms with E-state index < -0.39 is 20.9 Å². The highest BCUT2D eigenvalue weighted by Gasteiger charge is 2.46. The minimum absolute atomic E-state index is 0.0111. The van der Waals surface area contributed by atoms with E-state index in [0.29, 0.717) is 56.2 Å². The number of amides is 1. The largest absolute Gasteiger partial charge is 0.474 e. The maximum Gasteiger partial charge on any atom is 0.410 e. The molecule has 1 aromatic heterocycles. The number of piperidine rings is 1. The van der Waals surface area contributed by atoms with E-state index in [2.05, 4.69) is 15.3 Å². The summed E-state index contributed by atoms with van der Waals surface area (Å²) in [6.45, 7) is 4.60. The first-order chi connectivity index (χ1) is 18.6. The van der Waals surface area contributed by atoms with Crippen molar-refractivity contribution in [3.8, 4) is 5.88 Å². The van der Waals surface area contributed by atoms with Crippen LogP contribution in [0.2, 0.25) is 0 Å². The Labute approximate surface area is 227 Å². The van der Waals surface area contributed by atoms with Crippen molar-refractivity contribution in [3.63, 3.8) is 0 Å². The molecule has 0 spiro atoms. The minimum atomic E-state index is -3.49. The van der Waals surface area contributed by atoms with E-state index in [1.807, 2.05) is 11.8 Å². The molecule has 2 unspecified atom stereocenters. The summed E-state index contributed by atoms with van der Waals surface area (Å²) in [6, 6.07) is 3.57. The average Bonchev–Trinajstić information content (AvgIpc) is 3.72. The zero-order valence-electron chi connectivity index (χ0n) is 22.1. The van der Waals surface area contributed by atoms with Gasteiger partial charge in [0.2, 0.25) is 5.88 Å². The molecule has 2 saturated carbocycles. The van der Waals surface area contributed by atoms with Crippen molar-refractivity contribution < 1.29 is 31.8 Å². The van der Waals surface area contributed by atoms with Gasteiger partial charge in [0.1, 0.15) is 29.7 Å². The zero-order valence-corrected chi connectivity index (χ0v) is 22.9. The van der Waals surface area contributed by atoms with Crippen LogP contribution >= 0.6 is 0 Å². The first kappa shape index (κ1) is 26.2. The standard InChI is InChI=1S/C27H33FN4O6S/c1-16-24(31-23-7-6-21(12-22(23)28)39(34,35)20-4-5-20)29-15-30-25(16)37-19-10-17-13-36-14-18(11-19)32(17)26(33)38-27(2)8-3-9-27/h6-7,12,15,17-20H,3-5,8-11,13-14H2,1-2H3,(H,29,30,31)/t17-,18?,19?/m1/s1. The van der Waals surface area contributed by atoms with Gasteiger partial charge >= 0.3 is 6.09 Å². The number of morpholine rings is 1. The third-order valence-electron chi connectivity index (χ3n) is 8.23. The summed E-state index contributed by atoms with van der Waals surface area (Å²) in [7, 11) is -3.49. The number of rotatable bonds is 7. The number of fused-ring (bicyclic) bond motifs is 2. The Morgan fingerprint density at radius 2 is 1.90 bits per heavy atom. The van der Waals surface area contributed by atoms with Gasteiger partial charge in [-0.25, -0.2) is 27.6 Å². The number of sulfone groups is 1. The first-order valence-corrected chi connectivity index (χ1v) is 15.1. The monoisotopic (exact) mass is 560 g/mol. The third-order valence-corrected chi connectivity index (χ3v) is 10.5. The van der Waals surface area contributed by atoms with Crippen LogP contribution in [-0.4, -0.2) is 71.6 Å². The Kier molecular flexibility index (Phi) is 6.65. The summed E-state index contributed by atoms with van der Waals surface area (Å²) in [6.07, 6.45) is 6.08. The van der Waals surface area contributed by atoms with E-state index >= 15 is 0 Å². The highest BCUT2D eigenvalue weighted by atomic mass is 32.2. The molecular formula is C27H33FN4O6S. The number of nitrogens with one attached hydrogen (secondary N) is 1. The highest BCUT2D eigenvalue weighted by molar-refractivity contribution is 7.92. The van der Waals surface area contributed by atoms with Crippen LogP contribution in [0.15, 0.2) is 29.4 Å². The molecule has 1 amide bonds. The molecule has 3 atom stereocenters. The second kappa shape index (κ2) is 9.88. The summed E-state index contributed by atoms with van der Waals surface area (Å²) < 4.78 is 57.6. The van der Waals surface area contributed by atoms with Crippen molar-refractivity contribution >= 4 is 27.4 Å². The van der Waals surface area contributed by atoms with Crippen molar-refractivity contribution in [3.05, 3.63) is 35.9 Å². The van der Waals surface area contributed by atoms with Crippen molar-refractivity contribution in [1.29, 1.82) is 0 Å². The lowest BCUT2D eigenvalue weighted by Crippen LogP contribution is -2.62. The number of carbonyl (C=O) groups excluding carboxylic acids is 1. The van der Waals surface area contributed by atoms with Crippen molar-refractivity contribution in [2.45, 2.75) is 92.7 Å². The van der Waals surface area contributed by atoms with Crippen LogP contribution < -0.4 is 10.1 Å². The Hall–Kier alpha value is -2.99. The molecule has 2 aliphatic heterocycles. The molecule has 6 rings (SSSR count). The fraction of sp³-hybridized carbons (Fsp3) is 0.593. The summed E-state index contributed by atoms with van der Waals surface area (Å²) in [4.78, 5) is 23.4. The van der Waals surface area contributed by atoms with E-state index in [1.54, 1.807) is 6.92 Å². The van der Waals surface area contributed by atoms with Gasteiger partial charge in [-0.05, 0) is 64.2 Å². The van der Waals surface area contributed by atoms with Gasteiger partial charge in [-0.15, -0.1) is 0 Å². The molecule has 2 saturated heterocycles. The molecule has 210 valence electrons. The molecule has 1 aromatic carbocycles. The van der Waals surface area contributed by atoms with Gasteiger partial charge in [0.15, 0.2) is 9.84 Å². The summed E-state index contributed by atoms with van der Waals surface area (Å²) in [5.41, 5.74) is 0.329. The quantitative estimate of drug-likeness (QED) is 0.529. The topological polar surface area (TPSA) is 120 Å². The molecule has 3 heterocycles. The van der Waals surface area contributed by atoms with Gasteiger partial charge in [-0.3, -0.25) is 4.90 Å². The van der Waals surface area contributed by atoms with Crippen LogP contribution in [-0.2, 0) is 19.3 Å². The van der Waals surface area contributed by atoms with Crippen LogP contribution in [0.1, 0.15) is 57.4 Å². The fourth-order valence-electron chi connectivity index (χ4n) is 5.61. The second-order valence-corrected chi connectivity index (χ2v) is 13.5. The smallest absolute Gasteiger partial charge is 0.410 e. The lowest BCUT2D eigenvalue weighted by molar-refractivity contribution is -0.114. The highest BCUT2D eigenvalue weighted by Crippen LogP contribution is 2.38. The number of hydrogen-bond acceptors (Lipinski definition) is 9. The van der Waals surface area contributed by atoms with Crippen LogP contribution in [0.5, 0.6) is 5.88 Å². The lowest BCUT2D eigenvalue weighted by Gasteiger charge is -2.49. The van der Waals surface area contributed by atoms with Crippen molar-refractivity contribution in [2.24, 2.45) is 0 Å². The number of anilines is 2. The summed E-state index contributed by atoms with van der Waals surface area (Å²) >= 11 is 0. The number of aromatic nitrogens is 2. The molecule has 0 radical (unpaired) electrons. The van der Waals surface area contributed by atoms with Crippen LogP contribution in [0, 0.1) is 12.7 Å². The second-order valence-electron chi connectivity index (χ2n) is 11.3. The molecule has 4 aliphatic rings. The van der Waals surface area contributed by atoms with Crippen LogP contribution in [0.4, 0.5) is 20.7 Å². The van der Waals surface area contributed by atoms with E-state index in [-0.39, 0.29) is 40.5 Å². The molecule has 2 aromatic rings. The lowest BCUT2D eigenvalue weighted by atomic mass is 9.82. The molecule has 12 heteroatoms. The maximum absolute atomic E-state index is 14.9. The summed E-state index contributed by atoms with van der Waals surface area (Å²) in [5, 5.41) is 2.54. The Morgan fingerprint density at radius 1 is 1.18 bits per heavy atom. The number of hydrogen-bond donors (Lipinski definition) is 1. The van der Waals surface area contributed by atoms with Crippen LogP contribution in [0.3, 0.4) is 0 Å². The predicted molar refractivity (Wildman–Crippen MR) is 139 cm³/mol. The van der Waals surface area contributed by atoms with E-state index in [4.69, 9.17) is 14.2 Å². The number of halogens is 1. The van der Waals surface area contributed by atoms with E-state index in [9.17, 15) is 17.6 Å². The average molecular weight is 561 g/mol. The Morgan fingerprint density at radius 3 is 2.51 bits per heavy atom. The van der Waals surface area contributed by atoms with Crippen LogP contribution in [0.25, 0.3) is 0 Å². The third kappa shape index (κ3) is 5.16. The van der Waals surface area contributed by atoms with Gasteiger partial charge in [0, 0.05) is 12.8 Å². The number of nitrogens with zero attached hydrogens (tertiary/aromatic N) is 3. The molecule has 1 N–H and O–H groups in total. The first-order valence-electron chi connectivity index (χ1n) is 13.5. The maximum atomic E-state index is 14.9. The van der Waals surface area contributed by atoms with Gasteiger partial charge in [0.25, 0.3) is 0 Å².